The molecule has 0 radical (unpaired) electrons. The van der Waals surface area contributed by atoms with Gasteiger partial charge in [-0.25, -0.2) is 0 Å². The third-order valence-electron chi connectivity index (χ3n) is 2.65. The third-order valence-corrected chi connectivity index (χ3v) is 3.94. The summed E-state index contributed by atoms with van der Waals surface area (Å²) in [4.78, 5) is 12.5. The van der Waals surface area contributed by atoms with Crippen LogP contribution in [0.4, 0.5) is 0 Å². The highest BCUT2D eigenvalue weighted by molar-refractivity contribution is 7.17. The zero-order valence-corrected chi connectivity index (χ0v) is 13.5. The van der Waals surface area contributed by atoms with Gasteiger partial charge in [-0.15, -0.1) is 11.3 Å². The Balaban J connectivity index is 1.74. The molecule has 1 heterocycles. The van der Waals surface area contributed by atoms with Crippen LogP contribution in [0.2, 0.25) is 4.34 Å². The molecule has 1 aromatic heterocycles. The number of carbonyl (C=O) groups excluding carboxylic acids is 1. The van der Waals surface area contributed by atoms with Gasteiger partial charge < -0.3 is 9.47 Å². The lowest BCUT2D eigenvalue weighted by Crippen LogP contribution is -2.38. The molecule has 2 N–H and O–H groups in total. The van der Waals surface area contributed by atoms with Crippen molar-refractivity contribution >= 4 is 34.5 Å². The molecule has 5 nitrogen and oxygen atoms in total. The third kappa shape index (κ3) is 4.68. The second-order valence-electron chi connectivity index (χ2n) is 4.22. The van der Waals surface area contributed by atoms with Crippen molar-refractivity contribution in [1.82, 2.24) is 10.9 Å². The van der Waals surface area contributed by atoms with E-state index in [0.29, 0.717) is 15.8 Å². The summed E-state index contributed by atoms with van der Waals surface area (Å²) in [5, 5.41) is 0. The predicted octanol–water partition coefficient (Wildman–Crippen LogP) is 3.08. The molecule has 0 unspecified atom stereocenters. The highest BCUT2D eigenvalue weighted by atomic mass is 35.5. The van der Waals surface area contributed by atoms with E-state index in [4.69, 9.17) is 21.1 Å². The van der Waals surface area contributed by atoms with Crippen LogP contribution in [-0.4, -0.2) is 19.6 Å². The van der Waals surface area contributed by atoms with Gasteiger partial charge in [-0.2, -0.15) is 0 Å². The van der Waals surface area contributed by atoms with Crippen LogP contribution in [0, 0.1) is 0 Å². The van der Waals surface area contributed by atoms with Crippen molar-refractivity contribution in [3.8, 4) is 11.5 Å². The van der Waals surface area contributed by atoms with Crippen LogP contribution in [0.1, 0.15) is 4.88 Å². The Kier molecular flexibility index (Phi) is 5.68. The molecule has 0 aliphatic heterocycles. The van der Waals surface area contributed by atoms with Gasteiger partial charge in [0.15, 0.2) is 6.61 Å². The summed E-state index contributed by atoms with van der Waals surface area (Å²) in [7, 11) is 1.59. The van der Waals surface area contributed by atoms with Gasteiger partial charge in [0.25, 0.3) is 5.91 Å². The van der Waals surface area contributed by atoms with Gasteiger partial charge in [0.1, 0.15) is 11.5 Å². The van der Waals surface area contributed by atoms with Gasteiger partial charge in [0.05, 0.1) is 22.0 Å². The van der Waals surface area contributed by atoms with E-state index >= 15 is 0 Å². The van der Waals surface area contributed by atoms with E-state index in [2.05, 4.69) is 17.4 Å². The minimum atomic E-state index is -0.320. The molecule has 2 rings (SSSR count). The van der Waals surface area contributed by atoms with E-state index in [1.807, 2.05) is 6.07 Å². The van der Waals surface area contributed by atoms with E-state index < -0.39 is 0 Å². The maximum Gasteiger partial charge on any atom is 0.276 e. The van der Waals surface area contributed by atoms with Gasteiger partial charge in [0, 0.05) is 0 Å². The smallest absolute Gasteiger partial charge is 0.276 e. The number of benzene rings is 1. The summed E-state index contributed by atoms with van der Waals surface area (Å²) in [5.74, 6) is 0.990. The molecule has 0 fully saturated rings. The second kappa shape index (κ2) is 7.72. The van der Waals surface area contributed by atoms with E-state index in [0.717, 1.165) is 10.6 Å². The lowest BCUT2D eigenvalue weighted by Gasteiger charge is -2.10. The maximum atomic E-state index is 11.7. The van der Waals surface area contributed by atoms with Gasteiger partial charge in [0.2, 0.25) is 0 Å². The van der Waals surface area contributed by atoms with Crippen LogP contribution < -0.4 is 20.3 Å². The van der Waals surface area contributed by atoms with Crippen molar-refractivity contribution < 1.29 is 14.3 Å². The lowest BCUT2D eigenvalue weighted by atomic mass is 10.3. The first-order valence-corrected chi connectivity index (χ1v) is 7.54. The summed E-state index contributed by atoms with van der Waals surface area (Å²) in [5.41, 5.74) is 5.80. The van der Waals surface area contributed by atoms with Gasteiger partial charge in [-0.3, -0.25) is 15.6 Å². The molecule has 0 saturated carbocycles. The number of hydrogen-bond acceptors (Lipinski definition) is 5. The number of carbonyl (C=O) groups is 1. The standard InChI is InChI=1S/C15H15ClN2O3S/c1-10(13-7-8-14(16)22-13)17-18-15(19)9-21-12-5-3-11(20-2)4-6-12/h3-8,17H,1,9H2,2H3,(H,18,19). The monoisotopic (exact) mass is 338 g/mol. The Morgan fingerprint density at radius 3 is 2.45 bits per heavy atom. The Bertz CT molecular complexity index is 655. The molecule has 1 amide bonds. The molecule has 0 saturated heterocycles. The van der Waals surface area contributed by atoms with Gasteiger partial charge in [-0.05, 0) is 36.4 Å². The zero-order chi connectivity index (χ0) is 15.9. The molecule has 1 aromatic carbocycles. The number of ether oxygens (including phenoxy) is 2. The van der Waals surface area contributed by atoms with Crippen LogP contribution in [0.15, 0.2) is 43.0 Å². The lowest BCUT2D eigenvalue weighted by molar-refractivity contribution is -0.123. The topological polar surface area (TPSA) is 59.6 Å². The largest absolute Gasteiger partial charge is 0.497 e. The van der Waals surface area contributed by atoms with Crippen molar-refractivity contribution in [1.29, 1.82) is 0 Å². The number of halogens is 1. The Morgan fingerprint density at radius 1 is 1.18 bits per heavy atom. The van der Waals surface area contributed by atoms with E-state index in [9.17, 15) is 4.79 Å². The first kappa shape index (κ1) is 16.2. The maximum absolute atomic E-state index is 11.7. The first-order chi connectivity index (χ1) is 10.6. The van der Waals surface area contributed by atoms with Crippen molar-refractivity contribution in [2.45, 2.75) is 0 Å². The van der Waals surface area contributed by atoms with Crippen LogP contribution >= 0.6 is 22.9 Å². The summed E-state index contributed by atoms with van der Waals surface area (Å²) in [6.45, 7) is 3.71. The fourth-order valence-corrected chi connectivity index (χ4v) is 2.51. The number of thiophene rings is 1. The summed E-state index contributed by atoms with van der Waals surface area (Å²) in [6, 6.07) is 10.6. The fraction of sp³-hybridized carbons (Fsp3) is 0.133. The molecule has 0 aliphatic carbocycles. The molecule has 0 atom stereocenters. The first-order valence-electron chi connectivity index (χ1n) is 6.35. The number of methoxy groups -OCH3 is 1. The van der Waals surface area contributed by atoms with Crippen LogP contribution in [0.3, 0.4) is 0 Å². The van der Waals surface area contributed by atoms with Crippen molar-refractivity contribution in [2.75, 3.05) is 13.7 Å². The molecular formula is C15H15ClN2O3S. The summed E-state index contributed by atoms with van der Waals surface area (Å²) < 4.78 is 11.1. The zero-order valence-electron chi connectivity index (χ0n) is 11.9. The molecule has 2 aromatic rings. The molecule has 0 aliphatic rings. The van der Waals surface area contributed by atoms with Crippen LogP contribution in [0.25, 0.3) is 5.70 Å². The summed E-state index contributed by atoms with van der Waals surface area (Å²) in [6.07, 6.45) is 0. The Morgan fingerprint density at radius 2 is 1.86 bits per heavy atom. The van der Waals surface area contributed by atoms with Gasteiger partial charge in [-0.1, -0.05) is 18.2 Å². The molecule has 0 bridgehead atoms. The van der Waals surface area contributed by atoms with Gasteiger partial charge >= 0.3 is 0 Å². The summed E-state index contributed by atoms with van der Waals surface area (Å²) >= 11 is 7.21. The van der Waals surface area contributed by atoms with E-state index in [-0.39, 0.29) is 12.5 Å². The highest BCUT2D eigenvalue weighted by Gasteiger charge is 2.06. The fourth-order valence-electron chi connectivity index (χ4n) is 1.54. The number of hydrogen-bond donors (Lipinski definition) is 2. The molecule has 22 heavy (non-hydrogen) atoms. The van der Waals surface area contributed by atoms with E-state index in [1.54, 1.807) is 37.4 Å². The quantitative estimate of drug-likeness (QED) is 0.762. The number of hydrazine groups is 1. The van der Waals surface area contributed by atoms with Crippen LogP contribution in [-0.2, 0) is 4.79 Å². The van der Waals surface area contributed by atoms with Crippen molar-refractivity contribution in [2.24, 2.45) is 0 Å². The Hall–Kier alpha value is -2.18. The van der Waals surface area contributed by atoms with Crippen LogP contribution in [0.5, 0.6) is 11.5 Å². The predicted molar refractivity (Wildman–Crippen MR) is 88.1 cm³/mol. The molecule has 116 valence electrons. The minimum absolute atomic E-state index is 0.113. The number of rotatable bonds is 7. The molecule has 7 heteroatoms. The minimum Gasteiger partial charge on any atom is -0.497 e. The highest BCUT2D eigenvalue weighted by Crippen LogP contribution is 2.25. The normalized spacial score (nSPS) is 9.91. The SMILES string of the molecule is C=C(NNC(=O)COc1ccc(OC)cc1)c1ccc(Cl)s1. The average molecular weight is 339 g/mol. The average Bonchev–Trinajstić information content (AvgIpc) is 2.97. The number of nitrogens with one attached hydrogen (secondary N) is 2. The van der Waals surface area contributed by atoms with Crippen molar-refractivity contribution in [3.05, 3.63) is 52.2 Å². The molecule has 0 spiro atoms. The van der Waals surface area contributed by atoms with Crippen molar-refractivity contribution in [3.63, 3.8) is 0 Å². The van der Waals surface area contributed by atoms with E-state index in [1.165, 1.54) is 11.3 Å². The second-order valence-corrected chi connectivity index (χ2v) is 5.93. The Labute approximate surface area is 137 Å². The molecular weight excluding hydrogens is 324 g/mol. The number of amides is 1.